The number of hydrogen-bond acceptors (Lipinski definition) is 5. The molecule has 0 saturated heterocycles. The SMILES string of the molecule is C=C(CNC(N)=O)C(=O)OC(C)C1=NCC=CN1. The average molecular weight is 252 g/mol. The van der Waals surface area contributed by atoms with Crippen LogP contribution in [0.3, 0.4) is 0 Å². The van der Waals surface area contributed by atoms with Crippen LogP contribution in [0.25, 0.3) is 0 Å². The normalized spacial score (nSPS) is 15.1. The Kier molecular flexibility index (Phi) is 4.91. The van der Waals surface area contributed by atoms with Gasteiger partial charge in [0.2, 0.25) is 0 Å². The van der Waals surface area contributed by atoms with E-state index >= 15 is 0 Å². The van der Waals surface area contributed by atoms with Crippen LogP contribution >= 0.6 is 0 Å². The van der Waals surface area contributed by atoms with Crippen molar-refractivity contribution in [1.82, 2.24) is 10.6 Å². The Morgan fingerprint density at radius 2 is 2.44 bits per heavy atom. The summed E-state index contributed by atoms with van der Waals surface area (Å²) in [5, 5.41) is 5.15. The molecule has 98 valence electrons. The van der Waals surface area contributed by atoms with Gasteiger partial charge in [0.25, 0.3) is 0 Å². The fourth-order valence-electron chi connectivity index (χ4n) is 1.21. The standard InChI is InChI=1S/C11H16N4O3/c1-7(6-15-11(12)17)10(16)18-8(2)9-13-4-3-5-14-9/h3-4,8H,1,5-6H2,2H3,(H,13,14)(H3,12,15,17). The second-order valence-electron chi connectivity index (χ2n) is 3.64. The zero-order valence-corrected chi connectivity index (χ0v) is 10.1. The third kappa shape index (κ3) is 4.28. The Labute approximate surface area is 105 Å². The third-order valence-electron chi connectivity index (χ3n) is 2.15. The van der Waals surface area contributed by atoms with Crippen LogP contribution in [0.2, 0.25) is 0 Å². The largest absolute Gasteiger partial charge is 0.451 e. The lowest BCUT2D eigenvalue weighted by Gasteiger charge is -2.18. The summed E-state index contributed by atoms with van der Waals surface area (Å²) in [5.74, 6) is -0.0307. The summed E-state index contributed by atoms with van der Waals surface area (Å²) in [6.45, 7) is 5.71. The number of amidine groups is 1. The number of hydrogen-bond donors (Lipinski definition) is 3. The summed E-state index contributed by atoms with van der Waals surface area (Å²) < 4.78 is 5.13. The minimum atomic E-state index is -0.722. The predicted molar refractivity (Wildman–Crippen MR) is 66.9 cm³/mol. The molecule has 0 aromatic rings. The highest BCUT2D eigenvalue weighted by Gasteiger charge is 2.18. The van der Waals surface area contributed by atoms with Crippen LogP contribution in [0.1, 0.15) is 6.92 Å². The lowest BCUT2D eigenvalue weighted by atomic mass is 10.3. The molecule has 0 saturated carbocycles. The van der Waals surface area contributed by atoms with Crippen molar-refractivity contribution >= 4 is 17.8 Å². The van der Waals surface area contributed by atoms with E-state index in [0.717, 1.165) is 0 Å². The Morgan fingerprint density at radius 1 is 1.72 bits per heavy atom. The number of aliphatic imine (C=N–C) groups is 1. The van der Waals surface area contributed by atoms with Crippen LogP contribution in [-0.2, 0) is 9.53 Å². The van der Waals surface area contributed by atoms with Crippen molar-refractivity contribution in [2.24, 2.45) is 10.7 Å². The van der Waals surface area contributed by atoms with Crippen LogP contribution in [0.5, 0.6) is 0 Å². The zero-order valence-electron chi connectivity index (χ0n) is 10.1. The van der Waals surface area contributed by atoms with Crippen LogP contribution in [0.15, 0.2) is 29.4 Å². The number of urea groups is 1. The quantitative estimate of drug-likeness (QED) is 0.459. The summed E-state index contributed by atoms with van der Waals surface area (Å²) in [5.41, 5.74) is 5.00. The molecule has 7 nitrogen and oxygen atoms in total. The number of primary amides is 1. The number of ether oxygens (including phenoxy) is 1. The molecule has 1 aliphatic rings. The fraction of sp³-hybridized carbons (Fsp3) is 0.364. The molecule has 1 rings (SSSR count). The van der Waals surface area contributed by atoms with E-state index in [2.05, 4.69) is 22.2 Å². The van der Waals surface area contributed by atoms with Crippen LogP contribution in [0, 0.1) is 0 Å². The minimum absolute atomic E-state index is 0.0410. The Morgan fingerprint density at radius 3 is 3.00 bits per heavy atom. The average Bonchev–Trinajstić information content (AvgIpc) is 2.36. The predicted octanol–water partition coefficient (Wildman–Crippen LogP) is -0.342. The van der Waals surface area contributed by atoms with Crippen molar-refractivity contribution in [2.75, 3.05) is 13.1 Å². The molecule has 7 heteroatoms. The van der Waals surface area contributed by atoms with Gasteiger partial charge in [0, 0.05) is 11.8 Å². The Hall–Kier alpha value is -2.31. The van der Waals surface area contributed by atoms with E-state index in [1.165, 1.54) is 0 Å². The second kappa shape index (κ2) is 6.43. The van der Waals surface area contributed by atoms with E-state index in [-0.39, 0.29) is 12.1 Å². The van der Waals surface area contributed by atoms with E-state index in [1.807, 2.05) is 6.08 Å². The van der Waals surface area contributed by atoms with E-state index in [4.69, 9.17) is 10.5 Å². The van der Waals surface area contributed by atoms with E-state index < -0.39 is 18.1 Å². The molecule has 0 radical (unpaired) electrons. The van der Waals surface area contributed by atoms with Crippen molar-refractivity contribution in [3.63, 3.8) is 0 Å². The van der Waals surface area contributed by atoms with Crippen molar-refractivity contribution in [2.45, 2.75) is 13.0 Å². The maximum absolute atomic E-state index is 11.6. The number of amides is 2. The van der Waals surface area contributed by atoms with Crippen molar-refractivity contribution < 1.29 is 14.3 Å². The number of esters is 1. The molecule has 0 spiro atoms. The van der Waals surface area contributed by atoms with Gasteiger partial charge in [-0.15, -0.1) is 0 Å². The van der Waals surface area contributed by atoms with Gasteiger partial charge in [0.1, 0.15) is 5.84 Å². The van der Waals surface area contributed by atoms with Gasteiger partial charge in [-0.25, -0.2) is 9.59 Å². The summed E-state index contributed by atoms with van der Waals surface area (Å²) in [6, 6.07) is -0.722. The molecular weight excluding hydrogens is 236 g/mol. The molecule has 18 heavy (non-hydrogen) atoms. The highest BCUT2D eigenvalue weighted by atomic mass is 16.5. The topological polar surface area (TPSA) is 106 Å². The fourth-order valence-corrected chi connectivity index (χ4v) is 1.21. The first-order valence-electron chi connectivity index (χ1n) is 5.38. The third-order valence-corrected chi connectivity index (χ3v) is 2.15. The lowest BCUT2D eigenvalue weighted by Crippen LogP contribution is -2.37. The Bertz CT molecular complexity index is 415. The number of nitrogens with two attached hydrogens (primary N) is 1. The molecule has 0 aromatic carbocycles. The first-order chi connectivity index (χ1) is 8.50. The van der Waals surface area contributed by atoms with Crippen molar-refractivity contribution in [3.05, 3.63) is 24.4 Å². The molecule has 0 fully saturated rings. The number of nitrogens with one attached hydrogen (secondary N) is 2. The first-order valence-corrected chi connectivity index (χ1v) is 5.38. The summed E-state index contributed by atoms with van der Waals surface area (Å²) in [6.07, 6.45) is 3.07. The molecule has 0 aliphatic carbocycles. The molecule has 1 unspecified atom stereocenters. The van der Waals surface area contributed by atoms with Crippen LogP contribution in [-0.4, -0.2) is 37.0 Å². The highest BCUT2D eigenvalue weighted by Crippen LogP contribution is 2.02. The van der Waals surface area contributed by atoms with Gasteiger partial charge in [-0.2, -0.15) is 0 Å². The number of carbonyl (C=O) groups excluding carboxylic acids is 2. The number of carbonyl (C=O) groups is 2. The van der Waals surface area contributed by atoms with Gasteiger partial charge in [-0.05, 0) is 13.0 Å². The second-order valence-corrected chi connectivity index (χ2v) is 3.64. The summed E-state index contributed by atoms with van der Waals surface area (Å²) in [4.78, 5) is 26.2. The smallest absolute Gasteiger partial charge is 0.335 e. The lowest BCUT2D eigenvalue weighted by molar-refractivity contribution is -0.140. The highest BCUT2D eigenvalue weighted by molar-refractivity contribution is 5.94. The molecule has 4 N–H and O–H groups in total. The van der Waals surface area contributed by atoms with Gasteiger partial charge in [0.15, 0.2) is 6.10 Å². The molecule has 0 bridgehead atoms. The molecule has 1 aliphatic heterocycles. The summed E-state index contributed by atoms with van der Waals surface area (Å²) in [7, 11) is 0. The molecule has 1 heterocycles. The summed E-state index contributed by atoms with van der Waals surface area (Å²) >= 11 is 0. The molecule has 1 atom stereocenters. The van der Waals surface area contributed by atoms with Crippen LogP contribution in [0.4, 0.5) is 4.79 Å². The maximum atomic E-state index is 11.6. The van der Waals surface area contributed by atoms with Gasteiger partial charge in [-0.1, -0.05) is 6.58 Å². The van der Waals surface area contributed by atoms with Crippen LogP contribution < -0.4 is 16.4 Å². The number of nitrogens with zero attached hydrogens (tertiary/aromatic N) is 1. The van der Waals surface area contributed by atoms with Gasteiger partial charge in [0.05, 0.1) is 13.1 Å². The van der Waals surface area contributed by atoms with E-state index in [9.17, 15) is 9.59 Å². The van der Waals surface area contributed by atoms with Gasteiger partial charge >= 0.3 is 12.0 Å². The zero-order chi connectivity index (χ0) is 13.5. The van der Waals surface area contributed by atoms with Crippen molar-refractivity contribution in [1.29, 1.82) is 0 Å². The number of rotatable bonds is 5. The van der Waals surface area contributed by atoms with E-state index in [1.54, 1.807) is 13.1 Å². The van der Waals surface area contributed by atoms with Gasteiger partial charge < -0.3 is 21.1 Å². The van der Waals surface area contributed by atoms with Gasteiger partial charge in [-0.3, -0.25) is 4.99 Å². The maximum Gasteiger partial charge on any atom is 0.335 e. The van der Waals surface area contributed by atoms with E-state index in [0.29, 0.717) is 12.4 Å². The minimum Gasteiger partial charge on any atom is -0.451 e. The monoisotopic (exact) mass is 252 g/mol. The molecule has 2 amide bonds. The Balaban J connectivity index is 2.41. The molecular formula is C11H16N4O3. The first kappa shape index (κ1) is 13.8. The van der Waals surface area contributed by atoms with Crippen molar-refractivity contribution in [3.8, 4) is 0 Å². The molecule has 0 aromatic heterocycles.